The summed E-state index contributed by atoms with van der Waals surface area (Å²) in [7, 11) is 0. The standard InChI is InChI=1S/C58H62O4/c59-57(49-31-27-45(28-32-49)43-23-19-41(20-24-43)39-11-3-1-4-12-39)61-53-37-35-47-15-7-9-17-51(47)55(53)56-52-18-10-8-16-48(52)36-38-54(56)62-58(60)50-33-29-46(30-34-50)44-25-21-42(22-26-44)40-13-5-2-6-14-40/h7-10,15-18,27-44H,1-6,11-14,19-26H2. The van der Waals surface area contributed by atoms with Crippen molar-refractivity contribution >= 4 is 33.5 Å². The Labute approximate surface area is 368 Å². The van der Waals surface area contributed by atoms with E-state index in [4.69, 9.17) is 9.47 Å². The number of ether oxygens (including phenoxy) is 2. The molecule has 6 aromatic carbocycles. The maximum atomic E-state index is 14.1. The van der Waals surface area contributed by atoms with Crippen LogP contribution in [0.1, 0.15) is 159 Å². The van der Waals surface area contributed by atoms with Crippen LogP contribution >= 0.6 is 0 Å². The van der Waals surface area contributed by atoms with Gasteiger partial charge >= 0.3 is 11.9 Å². The molecule has 4 aliphatic carbocycles. The third-order valence-electron chi connectivity index (χ3n) is 15.8. The highest BCUT2D eigenvalue weighted by Crippen LogP contribution is 2.47. The summed E-state index contributed by atoms with van der Waals surface area (Å²) >= 11 is 0. The average Bonchev–Trinajstić information content (AvgIpc) is 3.35. The van der Waals surface area contributed by atoms with Crippen LogP contribution in [0.5, 0.6) is 11.5 Å². The van der Waals surface area contributed by atoms with E-state index in [1.54, 1.807) is 0 Å². The zero-order valence-corrected chi connectivity index (χ0v) is 36.4. The van der Waals surface area contributed by atoms with Gasteiger partial charge in [0, 0.05) is 11.1 Å². The second-order valence-corrected chi connectivity index (χ2v) is 19.4. The minimum atomic E-state index is -0.407. The second kappa shape index (κ2) is 18.6. The van der Waals surface area contributed by atoms with Crippen LogP contribution in [-0.2, 0) is 0 Å². The first-order valence-corrected chi connectivity index (χ1v) is 24.2. The molecule has 4 saturated carbocycles. The van der Waals surface area contributed by atoms with E-state index in [1.165, 1.54) is 127 Å². The van der Waals surface area contributed by atoms with Crippen LogP contribution in [0.3, 0.4) is 0 Å². The predicted molar refractivity (Wildman–Crippen MR) is 252 cm³/mol. The first-order valence-electron chi connectivity index (χ1n) is 24.2. The average molecular weight is 823 g/mol. The molecule has 318 valence electrons. The molecule has 4 nitrogen and oxygen atoms in total. The molecule has 0 saturated heterocycles. The van der Waals surface area contributed by atoms with Gasteiger partial charge in [-0.25, -0.2) is 9.59 Å². The molecule has 6 aromatic rings. The van der Waals surface area contributed by atoms with E-state index in [0.717, 1.165) is 56.3 Å². The quantitative estimate of drug-likeness (QED) is 0.108. The Morgan fingerprint density at radius 1 is 0.355 bits per heavy atom. The molecule has 4 aliphatic rings. The number of fused-ring (bicyclic) bond motifs is 2. The minimum Gasteiger partial charge on any atom is -0.422 e. The van der Waals surface area contributed by atoms with Gasteiger partial charge in [-0.2, -0.15) is 0 Å². The van der Waals surface area contributed by atoms with Crippen LogP contribution in [0.4, 0.5) is 0 Å². The molecule has 4 fully saturated rings. The first-order chi connectivity index (χ1) is 30.6. The summed E-state index contributed by atoms with van der Waals surface area (Å²) in [6.45, 7) is 0. The van der Waals surface area contributed by atoms with E-state index in [1.807, 2.05) is 72.8 Å². The number of hydrogen-bond donors (Lipinski definition) is 0. The van der Waals surface area contributed by atoms with E-state index < -0.39 is 11.9 Å². The van der Waals surface area contributed by atoms with Crippen molar-refractivity contribution in [3.63, 3.8) is 0 Å². The summed E-state index contributed by atoms with van der Waals surface area (Å²) in [5, 5.41) is 3.82. The van der Waals surface area contributed by atoms with Gasteiger partial charge in [0.25, 0.3) is 0 Å². The van der Waals surface area contributed by atoms with E-state index in [-0.39, 0.29) is 0 Å². The van der Waals surface area contributed by atoms with Crippen LogP contribution in [0, 0.1) is 23.7 Å². The van der Waals surface area contributed by atoms with E-state index >= 15 is 0 Å². The summed E-state index contributed by atoms with van der Waals surface area (Å²) in [4.78, 5) is 28.1. The van der Waals surface area contributed by atoms with Crippen molar-refractivity contribution in [3.05, 3.63) is 144 Å². The summed E-state index contributed by atoms with van der Waals surface area (Å²) in [6.07, 6.45) is 24.4. The Morgan fingerprint density at radius 3 is 1.10 bits per heavy atom. The molecule has 0 unspecified atom stereocenters. The Morgan fingerprint density at radius 2 is 0.710 bits per heavy atom. The summed E-state index contributed by atoms with van der Waals surface area (Å²) in [5.41, 5.74) is 5.14. The van der Waals surface area contributed by atoms with Crippen molar-refractivity contribution in [2.75, 3.05) is 0 Å². The normalized spacial score (nSPS) is 22.6. The number of hydrogen-bond acceptors (Lipinski definition) is 4. The Balaban J connectivity index is 0.891. The molecule has 0 amide bonds. The van der Waals surface area contributed by atoms with Crippen molar-refractivity contribution < 1.29 is 19.1 Å². The number of carbonyl (C=O) groups excluding carboxylic acids is 2. The Kier molecular flexibility index (Phi) is 12.3. The van der Waals surface area contributed by atoms with Gasteiger partial charge in [0.05, 0.1) is 11.1 Å². The number of rotatable bonds is 9. The van der Waals surface area contributed by atoms with E-state index in [0.29, 0.717) is 34.5 Å². The van der Waals surface area contributed by atoms with Crippen LogP contribution < -0.4 is 9.47 Å². The molecule has 4 heteroatoms. The van der Waals surface area contributed by atoms with Gasteiger partial charge in [0.2, 0.25) is 0 Å². The molecule has 0 spiro atoms. The smallest absolute Gasteiger partial charge is 0.343 e. The molecule has 0 aliphatic heterocycles. The zero-order chi connectivity index (χ0) is 41.8. The lowest BCUT2D eigenvalue weighted by molar-refractivity contribution is 0.0723. The van der Waals surface area contributed by atoms with Crippen molar-refractivity contribution in [2.45, 2.75) is 127 Å². The molecular weight excluding hydrogens is 761 g/mol. The maximum absolute atomic E-state index is 14.1. The van der Waals surface area contributed by atoms with Crippen LogP contribution in [0.2, 0.25) is 0 Å². The van der Waals surface area contributed by atoms with Gasteiger partial charge in [-0.05, 0) is 156 Å². The Bertz CT molecular complexity index is 2310. The third-order valence-corrected chi connectivity index (χ3v) is 15.8. The molecule has 0 N–H and O–H groups in total. The van der Waals surface area contributed by atoms with Gasteiger partial charge in [-0.3, -0.25) is 0 Å². The fourth-order valence-electron chi connectivity index (χ4n) is 12.3. The highest BCUT2D eigenvalue weighted by molar-refractivity contribution is 6.11. The molecular formula is C58H62O4. The van der Waals surface area contributed by atoms with Gasteiger partial charge in [0.1, 0.15) is 11.5 Å². The zero-order valence-electron chi connectivity index (χ0n) is 36.4. The topological polar surface area (TPSA) is 52.6 Å². The minimum absolute atomic E-state index is 0.407. The summed E-state index contributed by atoms with van der Waals surface area (Å²) in [6, 6.07) is 40.3. The van der Waals surface area contributed by atoms with Gasteiger partial charge < -0.3 is 9.47 Å². The third kappa shape index (κ3) is 8.72. The van der Waals surface area contributed by atoms with E-state index in [2.05, 4.69) is 48.5 Å². The van der Waals surface area contributed by atoms with Crippen LogP contribution in [0.15, 0.2) is 121 Å². The fraction of sp³-hybridized carbons (Fsp3) is 0.414. The lowest BCUT2D eigenvalue weighted by atomic mass is 9.70. The van der Waals surface area contributed by atoms with Crippen molar-refractivity contribution in [2.24, 2.45) is 23.7 Å². The highest BCUT2D eigenvalue weighted by atomic mass is 16.5. The molecule has 0 radical (unpaired) electrons. The predicted octanol–water partition coefficient (Wildman–Crippen LogP) is 15.8. The first kappa shape index (κ1) is 40.8. The number of carbonyl (C=O) groups is 2. The monoisotopic (exact) mass is 822 g/mol. The lowest BCUT2D eigenvalue weighted by Crippen LogP contribution is -2.23. The highest BCUT2D eigenvalue weighted by Gasteiger charge is 2.31. The largest absolute Gasteiger partial charge is 0.422 e. The maximum Gasteiger partial charge on any atom is 0.343 e. The Hall–Kier alpha value is -5.22. The van der Waals surface area contributed by atoms with Crippen molar-refractivity contribution in [1.82, 2.24) is 0 Å². The fourth-order valence-corrected chi connectivity index (χ4v) is 12.3. The summed E-state index contributed by atoms with van der Waals surface area (Å²) < 4.78 is 12.8. The van der Waals surface area contributed by atoms with Gasteiger partial charge in [-0.15, -0.1) is 0 Å². The molecule has 0 bridgehead atoms. The SMILES string of the molecule is O=C(Oc1ccc2ccccc2c1-c1c(OC(=O)c2ccc(C3CCC(C4CCCCC4)CC3)cc2)ccc2ccccc12)c1ccc(C2CCC(C3CCCCC3)CC2)cc1. The van der Waals surface area contributed by atoms with Gasteiger partial charge in [0.15, 0.2) is 0 Å². The molecule has 0 atom stereocenters. The van der Waals surface area contributed by atoms with Crippen LogP contribution in [-0.4, -0.2) is 11.9 Å². The molecule has 10 rings (SSSR count). The van der Waals surface area contributed by atoms with Crippen molar-refractivity contribution in [3.8, 4) is 22.6 Å². The second-order valence-electron chi connectivity index (χ2n) is 19.4. The molecule has 0 aromatic heterocycles. The van der Waals surface area contributed by atoms with E-state index in [9.17, 15) is 9.59 Å². The number of benzene rings is 6. The lowest BCUT2D eigenvalue weighted by Gasteiger charge is -2.36. The van der Waals surface area contributed by atoms with Crippen LogP contribution in [0.25, 0.3) is 32.7 Å². The molecule has 0 heterocycles. The van der Waals surface area contributed by atoms with Crippen molar-refractivity contribution in [1.29, 1.82) is 0 Å². The number of esters is 2. The van der Waals surface area contributed by atoms with Gasteiger partial charge in [-0.1, -0.05) is 149 Å². The summed E-state index contributed by atoms with van der Waals surface area (Å²) in [5.74, 6) is 4.78. The molecule has 62 heavy (non-hydrogen) atoms.